The molecule has 0 aliphatic carbocycles. The molecule has 0 unspecified atom stereocenters. The van der Waals surface area contributed by atoms with Crippen LogP contribution in [0.15, 0.2) is 40.9 Å². The van der Waals surface area contributed by atoms with Crippen molar-refractivity contribution in [2.24, 2.45) is 0 Å². The van der Waals surface area contributed by atoms with Gasteiger partial charge < -0.3 is 14.2 Å². The van der Waals surface area contributed by atoms with E-state index in [0.29, 0.717) is 35.8 Å². The normalized spacial score (nSPS) is 10.1. The van der Waals surface area contributed by atoms with Crippen molar-refractivity contribution in [3.63, 3.8) is 0 Å². The average Bonchev–Trinajstić information content (AvgIpc) is 2.64. The molecule has 0 aliphatic heterocycles. The highest BCUT2D eigenvalue weighted by atomic mass is 79.9. The molecule has 0 saturated heterocycles. The summed E-state index contributed by atoms with van der Waals surface area (Å²) >= 11 is 3.46. The van der Waals surface area contributed by atoms with Crippen LogP contribution in [0.2, 0.25) is 0 Å². The van der Waals surface area contributed by atoms with Gasteiger partial charge in [0.15, 0.2) is 11.5 Å². The van der Waals surface area contributed by atoms with Gasteiger partial charge in [-0.2, -0.15) is 5.26 Å². The third-order valence-corrected chi connectivity index (χ3v) is 4.31. The minimum Gasteiger partial charge on any atom is -0.490 e. The fourth-order valence-corrected chi connectivity index (χ4v) is 2.83. The van der Waals surface area contributed by atoms with Crippen molar-refractivity contribution in [2.45, 2.75) is 26.9 Å². The van der Waals surface area contributed by atoms with Gasteiger partial charge in [-0.25, -0.2) is 0 Å². The van der Waals surface area contributed by atoms with Crippen LogP contribution in [-0.4, -0.2) is 19.2 Å². The molecule has 0 fully saturated rings. The van der Waals surface area contributed by atoms with E-state index in [1.165, 1.54) is 0 Å². The van der Waals surface area contributed by atoms with Crippen molar-refractivity contribution in [1.82, 2.24) is 0 Å². The zero-order chi connectivity index (χ0) is 18.9. The molecule has 0 radical (unpaired) electrons. The van der Waals surface area contributed by atoms with Gasteiger partial charge in [0.25, 0.3) is 0 Å². The standard InChI is InChI=1S/C20H20BrNO4/c1-3-24-18-9-16(17(21)11-19(18)25-4-2)10-20(23)26-13-15-8-6-5-7-14(15)12-22/h5-9,11H,3-4,10,13H2,1-2H3. The lowest BCUT2D eigenvalue weighted by atomic mass is 10.1. The Morgan fingerprint density at radius 1 is 1.08 bits per heavy atom. The summed E-state index contributed by atoms with van der Waals surface area (Å²) in [5.74, 6) is 0.835. The lowest BCUT2D eigenvalue weighted by Gasteiger charge is -2.14. The number of ether oxygens (including phenoxy) is 3. The smallest absolute Gasteiger partial charge is 0.310 e. The predicted octanol–water partition coefficient (Wildman–Crippen LogP) is 4.40. The molecule has 136 valence electrons. The molecule has 2 aromatic carbocycles. The predicted molar refractivity (Wildman–Crippen MR) is 101 cm³/mol. The lowest BCUT2D eigenvalue weighted by Crippen LogP contribution is -2.10. The Hall–Kier alpha value is -2.52. The molecule has 0 saturated carbocycles. The van der Waals surface area contributed by atoms with Crippen LogP contribution in [0.25, 0.3) is 0 Å². The summed E-state index contributed by atoms with van der Waals surface area (Å²) in [6, 6.07) is 12.7. The first-order chi connectivity index (χ1) is 12.6. The van der Waals surface area contributed by atoms with Crippen LogP contribution in [0.4, 0.5) is 0 Å². The van der Waals surface area contributed by atoms with Crippen LogP contribution in [0.3, 0.4) is 0 Å². The minimum absolute atomic E-state index is 0.0650. The van der Waals surface area contributed by atoms with E-state index >= 15 is 0 Å². The molecule has 0 N–H and O–H groups in total. The van der Waals surface area contributed by atoms with Gasteiger partial charge in [0.05, 0.1) is 31.3 Å². The van der Waals surface area contributed by atoms with E-state index < -0.39 is 0 Å². The van der Waals surface area contributed by atoms with E-state index in [0.717, 1.165) is 10.0 Å². The van der Waals surface area contributed by atoms with E-state index in [9.17, 15) is 4.79 Å². The molecule has 26 heavy (non-hydrogen) atoms. The van der Waals surface area contributed by atoms with Crippen molar-refractivity contribution < 1.29 is 19.0 Å². The summed E-state index contributed by atoms with van der Waals surface area (Å²) in [4.78, 5) is 12.2. The topological polar surface area (TPSA) is 68.5 Å². The zero-order valence-electron chi connectivity index (χ0n) is 14.8. The van der Waals surface area contributed by atoms with Crippen LogP contribution in [0.5, 0.6) is 11.5 Å². The zero-order valence-corrected chi connectivity index (χ0v) is 16.3. The number of hydrogen-bond acceptors (Lipinski definition) is 5. The summed E-state index contributed by atoms with van der Waals surface area (Å²) in [5, 5.41) is 9.08. The second-order valence-electron chi connectivity index (χ2n) is 5.36. The maximum atomic E-state index is 12.2. The van der Waals surface area contributed by atoms with Crippen molar-refractivity contribution >= 4 is 21.9 Å². The van der Waals surface area contributed by atoms with Crippen molar-refractivity contribution in [1.29, 1.82) is 5.26 Å². The first-order valence-electron chi connectivity index (χ1n) is 8.30. The molecule has 0 amide bonds. The Balaban J connectivity index is 2.08. The minimum atomic E-state index is -0.384. The molecule has 2 rings (SSSR count). The van der Waals surface area contributed by atoms with E-state index in [1.807, 2.05) is 13.8 Å². The molecular formula is C20H20BrNO4. The number of halogens is 1. The highest BCUT2D eigenvalue weighted by Crippen LogP contribution is 2.34. The largest absolute Gasteiger partial charge is 0.490 e. The van der Waals surface area contributed by atoms with Gasteiger partial charge in [-0.1, -0.05) is 34.1 Å². The molecule has 0 aromatic heterocycles. The molecule has 0 heterocycles. The number of nitriles is 1. The molecule has 6 heteroatoms. The van der Waals surface area contributed by atoms with E-state index in [-0.39, 0.29) is 19.0 Å². The number of carbonyl (C=O) groups excluding carboxylic acids is 1. The Morgan fingerprint density at radius 3 is 2.38 bits per heavy atom. The molecular weight excluding hydrogens is 398 g/mol. The van der Waals surface area contributed by atoms with Gasteiger partial charge in [-0.3, -0.25) is 4.79 Å². The van der Waals surface area contributed by atoms with Gasteiger partial charge in [-0.05, 0) is 37.6 Å². The number of esters is 1. The van der Waals surface area contributed by atoms with Gasteiger partial charge in [0, 0.05) is 10.0 Å². The number of benzene rings is 2. The van der Waals surface area contributed by atoms with Crippen LogP contribution in [0.1, 0.15) is 30.5 Å². The van der Waals surface area contributed by atoms with Gasteiger partial charge in [-0.15, -0.1) is 0 Å². The number of carbonyl (C=O) groups is 1. The molecule has 2 aromatic rings. The first-order valence-corrected chi connectivity index (χ1v) is 9.10. The Bertz CT molecular complexity index is 814. The summed E-state index contributed by atoms with van der Waals surface area (Å²) in [6.07, 6.45) is 0.0851. The second kappa shape index (κ2) is 9.83. The average molecular weight is 418 g/mol. The lowest BCUT2D eigenvalue weighted by molar-refractivity contribution is -0.144. The molecule has 0 atom stereocenters. The van der Waals surface area contributed by atoms with Crippen LogP contribution < -0.4 is 9.47 Å². The van der Waals surface area contributed by atoms with Crippen LogP contribution >= 0.6 is 15.9 Å². The molecule has 5 nitrogen and oxygen atoms in total. The molecule has 0 aliphatic rings. The Morgan fingerprint density at radius 2 is 1.73 bits per heavy atom. The first kappa shape index (κ1) is 19.8. The quantitative estimate of drug-likeness (QED) is 0.595. The number of hydrogen-bond donors (Lipinski definition) is 0. The molecule has 0 bridgehead atoms. The summed E-state index contributed by atoms with van der Waals surface area (Å²) in [7, 11) is 0. The van der Waals surface area contributed by atoms with Gasteiger partial charge in [0.1, 0.15) is 6.61 Å². The number of rotatable bonds is 8. The Labute approximate surface area is 161 Å². The highest BCUT2D eigenvalue weighted by Gasteiger charge is 2.15. The van der Waals surface area contributed by atoms with Crippen molar-refractivity contribution in [3.05, 3.63) is 57.6 Å². The Kier molecular flexibility index (Phi) is 7.49. The highest BCUT2D eigenvalue weighted by molar-refractivity contribution is 9.10. The van der Waals surface area contributed by atoms with E-state index in [1.54, 1.807) is 36.4 Å². The van der Waals surface area contributed by atoms with E-state index in [4.69, 9.17) is 19.5 Å². The fourth-order valence-electron chi connectivity index (χ4n) is 2.37. The third kappa shape index (κ3) is 5.24. The summed E-state index contributed by atoms with van der Waals surface area (Å²) in [6.45, 7) is 4.87. The van der Waals surface area contributed by atoms with Crippen LogP contribution in [-0.2, 0) is 22.6 Å². The maximum Gasteiger partial charge on any atom is 0.310 e. The summed E-state index contributed by atoms with van der Waals surface area (Å²) in [5.41, 5.74) is 1.93. The van der Waals surface area contributed by atoms with Crippen LogP contribution in [0, 0.1) is 11.3 Å². The maximum absolute atomic E-state index is 12.2. The van der Waals surface area contributed by atoms with E-state index in [2.05, 4.69) is 22.0 Å². The van der Waals surface area contributed by atoms with Gasteiger partial charge >= 0.3 is 5.97 Å². The monoisotopic (exact) mass is 417 g/mol. The SMILES string of the molecule is CCOc1cc(Br)c(CC(=O)OCc2ccccc2C#N)cc1OCC. The fraction of sp³-hybridized carbons (Fsp3) is 0.300. The van der Waals surface area contributed by atoms with Gasteiger partial charge in [0.2, 0.25) is 0 Å². The van der Waals surface area contributed by atoms with Crippen molar-refractivity contribution in [2.75, 3.05) is 13.2 Å². The number of nitrogens with zero attached hydrogens (tertiary/aromatic N) is 1. The second-order valence-corrected chi connectivity index (χ2v) is 6.22. The summed E-state index contributed by atoms with van der Waals surface area (Å²) < 4.78 is 17.2. The van der Waals surface area contributed by atoms with Crippen molar-refractivity contribution in [3.8, 4) is 17.6 Å². The molecule has 0 spiro atoms. The third-order valence-electron chi connectivity index (χ3n) is 3.57.